The minimum absolute atomic E-state index is 0.0123. The van der Waals surface area contributed by atoms with Crippen LogP contribution in [-0.4, -0.2) is 18.7 Å². The zero-order valence-corrected chi connectivity index (χ0v) is 4.68. The van der Waals surface area contributed by atoms with Crippen LogP contribution in [-0.2, 0) is 0 Å². The summed E-state index contributed by atoms with van der Waals surface area (Å²) in [4.78, 5) is 0. The number of hydrogen-bond donors (Lipinski definition) is 0. The third-order valence-electron chi connectivity index (χ3n) is 0.196. The molecule has 0 amide bonds. The fourth-order valence-electron chi connectivity index (χ4n) is 0.0211. The molecule has 0 spiro atoms. The van der Waals surface area contributed by atoms with Gasteiger partial charge < -0.3 is 0 Å². The third-order valence-corrected chi connectivity index (χ3v) is 1.90. The van der Waals surface area contributed by atoms with Crippen LogP contribution in [0.4, 0.5) is 0 Å². The molecular weight excluding hydrogens is 134 g/mol. The Morgan fingerprint density at radius 3 is 2.25 bits per heavy atom. The van der Waals surface area contributed by atoms with Gasteiger partial charge >= 0.3 is 34.2 Å². The molecule has 0 aromatic heterocycles. The van der Waals surface area contributed by atoms with Gasteiger partial charge in [0, 0.05) is 0 Å². The van der Waals surface area contributed by atoms with Gasteiger partial charge in [-0.2, -0.15) is 0 Å². The van der Waals surface area contributed by atoms with Gasteiger partial charge in [0.15, 0.2) is 0 Å². The quantitative estimate of drug-likeness (QED) is 0.332. The molecule has 0 bridgehead atoms. The van der Waals surface area contributed by atoms with Crippen molar-refractivity contribution in [2.45, 2.75) is 0 Å². The molecule has 3 heteroatoms. The monoisotopic (exact) mass is 135 g/mol. The van der Waals surface area contributed by atoms with Crippen molar-refractivity contribution in [2.75, 3.05) is 0 Å². The van der Waals surface area contributed by atoms with Crippen LogP contribution < -0.4 is 0 Å². The molecule has 1 aliphatic heterocycles. The van der Waals surface area contributed by atoms with E-state index in [0.717, 1.165) is 3.93 Å². The first-order valence-corrected chi connectivity index (χ1v) is 3.25. The van der Waals surface area contributed by atoms with Crippen LogP contribution in [0.2, 0.25) is 0 Å². The maximum absolute atomic E-state index is 5.19. The van der Waals surface area contributed by atoms with E-state index in [2.05, 4.69) is 3.90 Å². The van der Waals surface area contributed by atoms with Gasteiger partial charge in [0.1, 0.15) is 0 Å². The Labute approximate surface area is 34.8 Å². The summed E-state index contributed by atoms with van der Waals surface area (Å²) in [5, 5.41) is 0. The second-order valence-electron chi connectivity index (χ2n) is 0.514. The van der Waals surface area contributed by atoms with Crippen molar-refractivity contribution in [2.24, 2.45) is 3.90 Å². The van der Waals surface area contributed by atoms with Gasteiger partial charge in [0.05, 0.1) is 0 Å². The van der Waals surface area contributed by atoms with E-state index >= 15 is 0 Å². The molecule has 0 aliphatic carbocycles. The second-order valence-corrected chi connectivity index (χ2v) is 3.47. The molecule has 1 nitrogen and oxygen atoms in total. The molecule has 0 fully saturated rings. The summed E-state index contributed by atoms with van der Waals surface area (Å²) in [5.41, 5.74) is 0. The molecule has 0 atom stereocenters. The van der Waals surface area contributed by atoms with Crippen LogP contribution in [0, 0.1) is 0 Å². The molecule has 0 saturated heterocycles. The van der Waals surface area contributed by atoms with Crippen LogP contribution in [0.1, 0.15) is 0 Å². The van der Waals surface area contributed by atoms with E-state index in [1.807, 2.05) is 0 Å². The van der Waals surface area contributed by atoms with Crippen molar-refractivity contribution in [1.29, 1.82) is 0 Å². The molecule has 0 unspecified atom stereocenters. The summed E-state index contributed by atoms with van der Waals surface area (Å²) >= 11 is 5.18. The molecule has 0 aromatic carbocycles. The van der Waals surface area contributed by atoms with Crippen molar-refractivity contribution >= 4 is 30.3 Å². The Bertz CT molecular complexity index is 90.2. The molecule has 0 N–H and O–H groups in total. The molecule has 0 aromatic rings. The van der Waals surface area contributed by atoms with Crippen LogP contribution in [0.5, 0.6) is 0 Å². The zero-order valence-electron chi connectivity index (χ0n) is 1.83. The second kappa shape index (κ2) is 0.725. The summed E-state index contributed by atoms with van der Waals surface area (Å²) in [6.45, 7) is 0. The average Bonchev–Trinajstić information content (AvgIpc) is 1.75. The molecular formula is CClGeN. The molecule has 0 radical (unpaired) electrons. The summed E-state index contributed by atoms with van der Waals surface area (Å²) in [5.74, 6) is 0. The van der Waals surface area contributed by atoms with Gasteiger partial charge in [-0.25, -0.2) is 0 Å². The molecule has 0 saturated carbocycles. The van der Waals surface area contributed by atoms with Crippen molar-refractivity contribution in [3.05, 3.63) is 0 Å². The van der Waals surface area contributed by atoms with Gasteiger partial charge in [-0.3, -0.25) is 0 Å². The van der Waals surface area contributed by atoms with E-state index < -0.39 is 0 Å². The van der Waals surface area contributed by atoms with Crippen molar-refractivity contribution in [1.82, 2.24) is 0 Å². The first-order chi connectivity index (χ1) is 1.89. The normalized spacial score (nSPS) is 15.8. The zero-order chi connectivity index (χ0) is 2.99. The summed E-state index contributed by atoms with van der Waals surface area (Å²) in [6.07, 6.45) is 0. The third kappa shape index (κ3) is 0.461. The predicted molar refractivity (Wildman–Crippen MR) is 19.0 cm³/mol. The van der Waals surface area contributed by atoms with E-state index in [4.69, 9.17) is 11.6 Å². The van der Waals surface area contributed by atoms with Crippen LogP contribution in [0.15, 0.2) is 3.90 Å². The summed E-state index contributed by atoms with van der Waals surface area (Å²) in [6, 6.07) is 0. The fourth-order valence-corrected chi connectivity index (χ4v) is 0.329. The Hall–Kier alpha value is 0.503. The number of halogens is 1. The fraction of sp³-hybridized carbons (Fsp3) is 0. The first-order valence-electron chi connectivity index (χ1n) is 0.886. The Morgan fingerprint density at radius 2 is 2.25 bits per heavy atom. The number of nitrogens with zero attached hydrogens (tertiary/aromatic N) is 1. The van der Waals surface area contributed by atoms with Crippen molar-refractivity contribution < 1.29 is 0 Å². The predicted octanol–water partition coefficient (Wildman–Crippen LogP) is 0.214. The topological polar surface area (TPSA) is 12.4 Å². The standard InChI is InChI=1S/CClGeN/c2-1-3-4-1. The van der Waals surface area contributed by atoms with E-state index in [1.165, 1.54) is 0 Å². The first kappa shape index (κ1) is 2.72. The molecule has 20 valence electrons. The van der Waals surface area contributed by atoms with E-state index in [0.29, 0.717) is 0 Å². The Kier molecular flexibility index (Phi) is 0.494. The van der Waals surface area contributed by atoms with E-state index in [-0.39, 0.29) is 14.8 Å². The maximum atomic E-state index is 5.19. The summed E-state index contributed by atoms with van der Waals surface area (Å²) < 4.78 is 4.60. The van der Waals surface area contributed by atoms with E-state index in [1.54, 1.807) is 0 Å². The Balaban J connectivity index is 2.75. The van der Waals surface area contributed by atoms with E-state index in [9.17, 15) is 0 Å². The van der Waals surface area contributed by atoms with Gasteiger partial charge in [-0.1, -0.05) is 0 Å². The van der Waals surface area contributed by atoms with Gasteiger partial charge in [0.2, 0.25) is 0 Å². The van der Waals surface area contributed by atoms with Gasteiger partial charge in [0.25, 0.3) is 0 Å². The van der Waals surface area contributed by atoms with Crippen LogP contribution in [0.3, 0.4) is 0 Å². The molecule has 1 rings (SSSR count). The van der Waals surface area contributed by atoms with Crippen LogP contribution in [0.25, 0.3) is 0 Å². The molecule has 1 aliphatic rings. The summed E-state index contributed by atoms with van der Waals surface area (Å²) in [7, 11) is 0. The number of hydrogen-bond acceptors (Lipinski definition) is 1. The minimum atomic E-state index is -0.0123. The van der Waals surface area contributed by atoms with Crippen molar-refractivity contribution in [3.8, 4) is 0 Å². The average molecular weight is 134 g/mol. The SMILES string of the molecule is Cl[C]1=[Ge]=[N]1. The Morgan fingerprint density at radius 1 is 2.00 bits per heavy atom. The van der Waals surface area contributed by atoms with Gasteiger partial charge in [-0.05, 0) is 0 Å². The molecule has 1 heterocycles. The van der Waals surface area contributed by atoms with Crippen molar-refractivity contribution in [3.63, 3.8) is 0 Å². The number of rotatable bonds is 0. The van der Waals surface area contributed by atoms with Gasteiger partial charge in [-0.15, -0.1) is 0 Å². The van der Waals surface area contributed by atoms with Crippen LogP contribution >= 0.6 is 11.6 Å². The molecule has 4 heavy (non-hydrogen) atoms.